The number of rotatable bonds is 5. The minimum atomic E-state index is -0.0310. The van der Waals surface area contributed by atoms with Gasteiger partial charge in [0.25, 0.3) is 0 Å². The third kappa shape index (κ3) is 3.31. The Kier molecular flexibility index (Phi) is 5.41. The van der Waals surface area contributed by atoms with Gasteiger partial charge >= 0.3 is 0 Å². The van der Waals surface area contributed by atoms with Crippen molar-refractivity contribution in [2.75, 3.05) is 25.0 Å². The van der Waals surface area contributed by atoms with Gasteiger partial charge in [0.15, 0.2) is 0 Å². The molecule has 1 saturated heterocycles. The Labute approximate surface area is 121 Å². The maximum absolute atomic E-state index is 12.1. The molecule has 1 aromatic rings. The van der Waals surface area contributed by atoms with Crippen LogP contribution >= 0.6 is 0 Å². The smallest absolute Gasteiger partial charge is 0.242 e. The van der Waals surface area contributed by atoms with Gasteiger partial charge in [-0.15, -0.1) is 0 Å². The summed E-state index contributed by atoms with van der Waals surface area (Å²) in [5.41, 5.74) is 2.46. The Balaban J connectivity index is 2.25. The van der Waals surface area contributed by atoms with Gasteiger partial charge in [-0.05, 0) is 37.4 Å². The number of likely N-dealkylation sites (N-methyl/N-ethyl adjacent to an activating group) is 1. The monoisotopic (exact) mass is 275 g/mol. The highest BCUT2D eigenvalue weighted by Crippen LogP contribution is 2.28. The Bertz CT molecular complexity index is 447. The van der Waals surface area contributed by atoms with Gasteiger partial charge in [0.05, 0.1) is 0 Å². The first-order chi connectivity index (χ1) is 9.77. The van der Waals surface area contributed by atoms with Gasteiger partial charge in [-0.3, -0.25) is 4.79 Å². The molecule has 0 aliphatic carbocycles. The highest BCUT2D eigenvalue weighted by molar-refractivity contribution is 5.85. The molecule has 0 aromatic heterocycles. The van der Waals surface area contributed by atoms with Crippen LogP contribution in [0.1, 0.15) is 31.7 Å². The van der Waals surface area contributed by atoms with Crippen molar-refractivity contribution in [3.8, 4) is 0 Å². The molecule has 0 spiro atoms. The molecule has 1 atom stereocenters. The van der Waals surface area contributed by atoms with Crippen molar-refractivity contribution in [1.29, 1.82) is 0 Å². The van der Waals surface area contributed by atoms with Gasteiger partial charge in [-0.1, -0.05) is 25.1 Å². The van der Waals surface area contributed by atoms with Crippen molar-refractivity contribution >= 4 is 11.6 Å². The zero-order valence-corrected chi connectivity index (χ0v) is 12.5. The number of para-hydroxylation sites is 1. The second-order valence-electron chi connectivity index (χ2n) is 5.23. The zero-order valence-electron chi connectivity index (χ0n) is 12.5. The lowest BCUT2D eigenvalue weighted by Crippen LogP contribution is -2.49. The van der Waals surface area contributed by atoms with Gasteiger partial charge in [0.1, 0.15) is 6.04 Å². The summed E-state index contributed by atoms with van der Waals surface area (Å²) in [7, 11) is 1.72. The van der Waals surface area contributed by atoms with Crippen molar-refractivity contribution < 1.29 is 4.79 Å². The third-order valence-corrected chi connectivity index (χ3v) is 3.92. The molecule has 0 bridgehead atoms. The second-order valence-corrected chi connectivity index (χ2v) is 5.23. The molecule has 1 aromatic carbocycles. The minimum Gasteiger partial charge on any atom is -0.359 e. The van der Waals surface area contributed by atoms with Crippen LogP contribution in [-0.4, -0.2) is 32.1 Å². The van der Waals surface area contributed by atoms with Crippen LogP contribution < -0.4 is 15.5 Å². The van der Waals surface area contributed by atoms with Crippen molar-refractivity contribution in [3.63, 3.8) is 0 Å². The summed E-state index contributed by atoms with van der Waals surface area (Å²) in [5.74, 6) is 0.128. The van der Waals surface area contributed by atoms with E-state index in [2.05, 4.69) is 46.7 Å². The summed E-state index contributed by atoms with van der Waals surface area (Å²) in [6.07, 6.45) is 3.22. The Morgan fingerprint density at radius 3 is 2.90 bits per heavy atom. The Morgan fingerprint density at radius 2 is 2.15 bits per heavy atom. The van der Waals surface area contributed by atoms with Crippen LogP contribution in [0.3, 0.4) is 0 Å². The van der Waals surface area contributed by atoms with E-state index in [1.807, 2.05) is 0 Å². The van der Waals surface area contributed by atoms with Gasteiger partial charge < -0.3 is 15.5 Å². The molecular formula is C16H25N3O. The Hall–Kier alpha value is -1.55. The summed E-state index contributed by atoms with van der Waals surface area (Å²) in [5, 5.41) is 6.18. The SMILES string of the molecule is CCNCc1ccccc1N1CCCCC1C(=O)NC. The number of amides is 1. The predicted molar refractivity (Wildman–Crippen MR) is 82.9 cm³/mol. The molecule has 1 aliphatic rings. The van der Waals surface area contributed by atoms with E-state index in [1.54, 1.807) is 7.05 Å². The second kappa shape index (κ2) is 7.29. The minimum absolute atomic E-state index is 0.0310. The lowest BCUT2D eigenvalue weighted by Gasteiger charge is -2.37. The van der Waals surface area contributed by atoms with E-state index in [9.17, 15) is 4.79 Å². The van der Waals surface area contributed by atoms with Crippen molar-refractivity contribution in [2.45, 2.75) is 38.8 Å². The van der Waals surface area contributed by atoms with Crippen LogP contribution in [0.15, 0.2) is 24.3 Å². The fourth-order valence-electron chi connectivity index (χ4n) is 2.86. The molecule has 1 aliphatic heterocycles. The van der Waals surface area contributed by atoms with E-state index in [0.717, 1.165) is 38.9 Å². The topological polar surface area (TPSA) is 44.4 Å². The van der Waals surface area contributed by atoms with Crippen LogP contribution in [0.25, 0.3) is 0 Å². The van der Waals surface area contributed by atoms with Crippen LogP contribution in [0.5, 0.6) is 0 Å². The summed E-state index contributed by atoms with van der Waals surface area (Å²) >= 11 is 0. The number of hydrogen-bond acceptors (Lipinski definition) is 3. The van der Waals surface area contributed by atoms with Crippen LogP contribution in [0, 0.1) is 0 Å². The number of hydrogen-bond donors (Lipinski definition) is 2. The average Bonchev–Trinajstić information content (AvgIpc) is 2.52. The number of benzene rings is 1. The molecule has 2 N–H and O–H groups in total. The lowest BCUT2D eigenvalue weighted by molar-refractivity contribution is -0.122. The van der Waals surface area contributed by atoms with Crippen molar-refractivity contribution in [1.82, 2.24) is 10.6 Å². The molecule has 2 rings (SSSR count). The number of carbonyl (C=O) groups excluding carboxylic acids is 1. The van der Waals surface area contributed by atoms with Gasteiger partial charge in [-0.25, -0.2) is 0 Å². The lowest BCUT2D eigenvalue weighted by atomic mass is 9.99. The zero-order chi connectivity index (χ0) is 14.4. The van der Waals surface area contributed by atoms with Gasteiger partial charge in [0.2, 0.25) is 5.91 Å². The van der Waals surface area contributed by atoms with Crippen molar-refractivity contribution in [3.05, 3.63) is 29.8 Å². The normalized spacial score (nSPS) is 18.9. The molecule has 4 nitrogen and oxygen atoms in total. The molecule has 1 unspecified atom stereocenters. The molecule has 0 saturated carbocycles. The summed E-state index contributed by atoms with van der Waals surface area (Å²) in [4.78, 5) is 14.4. The van der Waals surface area contributed by atoms with Crippen molar-refractivity contribution in [2.24, 2.45) is 0 Å². The van der Waals surface area contributed by atoms with Gasteiger partial charge in [-0.2, -0.15) is 0 Å². The van der Waals surface area contributed by atoms with E-state index in [1.165, 1.54) is 11.3 Å². The first-order valence-corrected chi connectivity index (χ1v) is 7.54. The number of carbonyl (C=O) groups is 1. The fourth-order valence-corrected chi connectivity index (χ4v) is 2.86. The van der Waals surface area contributed by atoms with Crippen LogP contribution in [-0.2, 0) is 11.3 Å². The first kappa shape index (κ1) is 14.9. The molecule has 1 heterocycles. The maximum Gasteiger partial charge on any atom is 0.242 e. The van der Waals surface area contributed by atoms with E-state index in [4.69, 9.17) is 0 Å². The van der Waals surface area contributed by atoms with Crippen LogP contribution in [0.4, 0.5) is 5.69 Å². The number of anilines is 1. The first-order valence-electron chi connectivity index (χ1n) is 7.54. The number of piperidine rings is 1. The highest BCUT2D eigenvalue weighted by Gasteiger charge is 2.29. The van der Waals surface area contributed by atoms with Crippen LogP contribution in [0.2, 0.25) is 0 Å². The molecule has 4 heteroatoms. The molecule has 0 radical (unpaired) electrons. The molecular weight excluding hydrogens is 250 g/mol. The quantitative estimate of drug-likeness (QED) is 0.862. The summed E-state index contributed by atoms with van der Waals surface area (Å²) in [6, 6.07) is 8.37. The molecule has 20 heavy (non-hydrogen) atoms. The van der Waals surface area contributed by atoms with E-state index in [0.29, 0.717) is 0 Å². The Morgan fingerprint density at radius 1 is 1.35 bits per heavy atom. The molecule has 1 fully saturated rings. The maximum atomic E-state index is 12.1. The third-order valence-electron chi connectivity index (χ3n) is 3.92. The van der Waals surface area contributed by atoms with Gasteiger partial charge in [0, 0.05) is 25.8 Å². The van der Waals surface area contributed by atoms with E-state index < -0.39 is 0 Å². The predicted octanol–water partition coefficient (Wildman–Crippen LogP) is 1.90. The molecule has 1 amide bonds. The van der Waals surface area contributed by atoms with E-state index >= 15 is 0 Å². The standard InChI is InChI=1S/C16H25N3O/c1-3-18-12-13-8-4-5-9-14(13)19-11-7-6-10-15(19)16(20)17-2/h4-5,8-9,15,18H,3,6-7,10-12H2,1-2H3,(H,17,20). The summed E-state index contributed by atoms with van der Waals surface area (Å²) in [6.45, 7) is 4.87. The number of nitrogens with one attached hydrogen (secondary N) is 2. The average molecular weight is 275 g/mol. The summed E-state index contributed by atoms with van der Waals surface area (Å²) < 4.78 is 0. The molecule has 110 valence electrons. The largest absolute Gasteiger partial charge is 0.359 e. The van der Waals surface area contributed by atoms with E-state index in [-0.39, 0.29) is 11.9 Å². The highest BCUT2D eigenvalue weighted by atomic mass is 16.2. The number of nitrogens with zero attached hydrogens (tertiary/aromatic N) is 1. The fraction of sp³-hybridized carbons (Fsp3) is 0.562.